The Bertz CT molecular complexity index is 1280. The van der Waals surface area contributed by atoms with Gasteiger partial charge in [-0.25, -0.2) is 0 Å². The summed E-state index contributed by atoms with van der Waals surface area (Å²) in [5, 5.41) is 24.2. The number of nitrogens with one attached hydrogen (secondary N) is 1. The molecule has 0 aliphatic carbocycles. The van der Waals surface area contributed by atoms with Crippen LogP contribution in [0.3, 0.4) is 0 Å². The number of nitro groups is 1. The minimum atomic E-state index is -3.49. The number of amides is 2. The van der Waals surface area contributed by atoms with Gasteiger partial charge in [0, 0.05) is 41.4 Å². The Hall–Kier alpha value is -3.15. The van der Waals surface area contributed by atoms with Gasteiger partial charge in [0.25, 0.3) is 11.6 Å². The minimum Gasteiger partial charge on any atom is -0.394 e. The van der Waals surface area contributed by atoms with Crippen molar-refractivity contribution < 1.29 is 28.5 Å². The number of ether oxygens (including phenoxy) is 1. The van der Waals surface area contributed by atoms with Crippen LogP contribution in [0.5, 0.6) is 0 Å². The van der Waals surface area contributed by atoms with Gasteiger partial charge in [-0.2, -0.15) is 0 Å². The molecule has 1 saturated heterocycles. The van der Waals surface area contributed by atoms with Gasteiger partial charge >= 0.3 is 0 Å². The van der Waals surface area contributed by atoms with Gasteiger partial charge in [0.2, 0.25) is 14.3 Å². The van der Waals surface area contributed by atoms with Crippen molar-refractivity contribution in [2.75, 3.05) is 11.9 Å². The summed E-state index contributed by atoms with van der Waals surface area (Å²) in [6.45, 7) is 4.90. The summed E-state index contributed by atoms with van der Waals surface area (Å²) in [5.74, 6) is -1.45. The van der Waals surface area contributed by atoms with Gasteiger partial charge in [0.05, 0.1) is 30.1 Å². The van der Waals surface area contributed by atoms with Gasteiger partial charge < -0.3 is 24.2 Å². The summed E-state index contributed by atoms with van der Waals surface area (Å²) in [4.78, 5) is 39.5. The van der Waals surface area contributed by atoms with Crippen LogP contribution < -0.4 is 5.32 Å². The summed E-state index contributed by atoms with van der Waals surface area (Å²) in [6.07, 6.45) is -0.550. The van der Waals surface area contributed by atoms with Crippen LogP contribution in [-0.2, 0) is 32.9 Å². The van der Waals surface area contributed by atoms with Crippen molar-refractivity contribution in [3.05, 3.63) is 69.3 Å². The summed E-state index contributed by atoms with van der Waals surface area (Å²) in [5.41, 5.74) is 0.223. The molecule has 2 aromatic rings. The first-order chi connectivity index (χ1) is 17.5. The molecule has 2 amide bonds. The van der Waals surface area contributed by atoms with Crippen LogP contribution in [0.2, 0.25) is 18.6 Å². The molecule has 9 nitrogen and oxygen atoms in total. The fraction of sp³-hybridized carbons (Fsp3) is 0.462. The largest absolute Gasteiger partial charge is 0.394 e. The van der Waals surface area contributed by atoms with Crippen LogP contribution in [-0.4, -0.2) is 53.9 Å². The zero-order valence-corrected chi connectivity index (χ0v) is 21.9. The zero-order valence-electron chi connectivity index (χ0n) is 20.9. The van der Waals surface area contributed by atoms with Crippen LogP contribution in [0.1, 0.15) is 30.0 Å². The molecule has 0 saturated carbocycles. The molecule has 196 valence electrons. The number of benzene rings is 2. The number of nitrogens with zero attached hydrogens (tertiary/aromatic N) is 2. The van der Waals surface area contributed by atoms with E-state index in [-0.39, 0.29) is 24.6 Å². The van der Waals surface area contributed by atoms with Crippen LogP contribution in [0.15, 0.2) is 42.5 Å². The fourth-order valence-electron chi connectivity index (χ4n) is 6.50. The first-order valence-electron chi connectivity index (χ1n) is 12.4. The monoisotopic (exact) mass is 527 g/mol. The Morgan fingerprint density at radius 2 is 2.00 bits per heavy atom. The fourth-order valence-corrected chi connectivity index (χ4v) is 8.99. The van der Waals surface area contributed by atoms with E-state index in [0.717, 1.165) is 11.1 Å². The average Bonchev–Trinajstić information content (AvgIpc) is 3.30. The molecule has 3 heterocycles. The Kier molecular flexibility index (Phi) is 6.20. The number of aliphatic hydroxyl groups excluding tert-OH is 1. The van der Waals surface area contributed by atoms with E-state index in [1.807, 2.05) is 24.3 Å². The number of aliphatic hydroxyl groups is 1. The number of nitro benzene ring substituents is 1. The van der Waals surface area contributed by atoms with Crippen LogP contribution in [0, 0.1) is 16.0 Å². The Balaban J connectivity index is 1.49. The molecule has 11 heteroatoms. The third kappa shape index (κ3) is 4.05. The first-order valence-corrected chi connectivity index (χ1v) is 15.4. The van der Waals surface area contributed by atoms with Crippen molar-refractivity contribution >= 4 is 31.6 Å². The van der Waals surface area contributed by atoms with E-state index >= 15 is 4.11 Å². The van der Waals surface area contributed by atoms with E-state index in [0.29, 0.717) is 24.2 Å². The number of anilines is 1. The maximum absolute atomic E-state index is 15.8. The number of carbonyl (C=O) groups excluding carboxylic acids is 2. The molecular formula is C26H30FN3O6Si. The summed E-state index contributed by atoms with van der Waals surface area (Å²) < 4.78 is 22.2. The summed E-state index contributed by atoms with van der Waals surface area (Å²) >= 11 is 0. The highest BCUT2D eigenvalue weighted by molar-refractivity contribution is 6.72. The molecule has 5 atom stereocenters. The minimum absolute atomic E-state index is 0.159. The number of halogens is 1. The second-order valence-electron chi connectivity index (χ2n) is 10.7. The van der Waals surface area contributed by atoms with Gasteiger partial charge in [-0.15, -0.1) is 0 Å². The molecule has 3 aliphatic heterocycles. The Morgan fingerprint density at radius 3 is 2.65 bits per heavy atom. The molecule has 2 aromatic carbocycles. The number of carbonyl (C=O) groups is 2. The smallest absolute Gasteiger partial charge is 0.269 e. The zero-order chi connectivity index (χ0) is 26.7. The summed E-state index contributed by atoms with van der Waals surface area (Å²) in [6, 6.07) is 11.4. The molecule has 1 spiro atoms. The van der Waals surface area contributed by atoms with Crippen molar-refractivity contribution in [2.45, 2.75) is 62.7 Å². The molecular weight excluding hydrogens is 497 g/mol. The van der Waals surface area contributed by atoms with E-state index in [1.165, 1.54) is 31.3 Å². The third-order valence-corrected chi connectivity index (χ3v) is 10.6. The van der Waals surface area contributed by atoms with Crippen LogP contribution in [0.25, 0.3) is 0 Å². The van der Waals surface area contributed by atoms with E-state index < -0.39 is 48.4 Å². The first kappa shape index (κ1) is 25.5. The summed E-state index contributed by atoms with van der Waals surface area (Å²) in [7, 11) is -3.49. The highest BCUT2D eigenvalue weighted by Gasteiger charge is 2.65. The lowest BCUT2D eigenvalue weighted by molar-refractivity contribution is -0.385. The topological polar surface area (TPSA) is 122 Å². The maximum Gasteiger partial charge on any atom is 0.269 e. The lowest BCUT2D eigenvalue weighted by Crippen LogP contribution is -2.48. The average molecular weight is 528 g/mol. The number of rotatable bonds is 5. The van der Waals surface area contributed by atoms with Crippen molar-refractivity contribution in [1.82, 2.24) is 4.90 Å². The van der Waals surface area contributed by atoms with Crippen LogP contribution >= 0.6 is 0 Å². The SMILES string of the molecule is C[C@H]1[C@H]([Si](C)(C)F)[C@@H](CC(=O)N2Cc3ccccc3C[C@H]2CO)O[C@]12C(=O)Nc1ccc([N+](=O)[O-])cc12. The predicted octanol–water partition coefficient (Wildman–Crippen LogP) is 3.66. The molecule has 5 rings (SSSR count). The van der Waals surface area contributed by atoms with Gasteiger partial charge in [-0.05, 0) is 36.7 Å². The number of non-ortho nitro benzene ring substituents is 1. The third-order valence-electron chi connectivity index (χ3n) is 8.17. The number of hydrogen-bond donors (Lipinski definition) is 2. The van der Waals surface area contributed by atoms with Crippen molar-refractivity contribution in [1.29, 1.82) is 0 Å². The molecule has 1 fully saturated rings. The van der Waals surface area contributed by atoms with E-state index in [2.05, 4.69) is 5.32 Å². The normalized spacial score (nSPS) is 28.7. The second kappa shape index (κ2) is 9.00. The number of hydrogen-bond acceptors (Lipinski definition) is 6. The quantitative estimate of drug-likeness (QED) is 0.265. The lowest BCUT2D eigenvalue weighted by Gasteiger charge is -2.37. The predicted molar refractivity (Wildman–Crippen MR) is 136 cm³/mol. The number of fused-ring (bicyclic) bond motifs is 3. The van der Waals surface area contributed by atoms with E-state index in [9.17, 15) is 24.8 Å². The van der Waals surface area contributed by atoms with Crippen molar-refractivity contribution in [3.8, 4) is 0 Å². The van der Waals surface area contributed by atoms with Gasteiger partial charge in [0.1, 0.15) is 0 Å². The molecule has 2 N–H and O–H groups in total. The molecule has 0 aromatic heterocycles. The lowest BCUT2D eigenvalue weighted by atomic mass is 9.82. The van der Waals surface area contributed by atoms with Gasteiger partial charge in [-0.1, -0.05) is 31.2 Å². The highest BCUT2D eigenvalue weighted by atomic mass is 28.4. The van der Waals surface area contributed by atoms with E-state index in [4.69, 9.17) is 4.74 Å². The molecule has 37 heavy (non-hydrogen) atoms. The van der Waals surface area contributed by atoms with Crippen LogP contribution in [0.4, 0.5) is 15.5 Å². The standard InChI is InChI=1S/C26H30FN3O6Si/c1-15-24(37(2,3)27)22(12-23(32)29-13-17-7-5-4-6-16(17)10-19(29)14-31)36-26(15)20-11-18(30(34)35)8-9-21(20)28-25(26)33/h4-9,11,15,19,22,24,31H,10,12-14H2,1-3H3,(H,28,33)/t15-,19-,22+,24-,26+/m0/s1. The van der Waals surface area contributed by atoms with Crippen molar-refractivity contribution in [2.24, 2.45) is 5.92 Å². The molecule has 3 aliphatic rings. The van der Waals surface area contributed by atoms with E-state index in [1.54, 1.807) is 11.8 Å². The molecule has 0 radical (unpaired) electrons. The second-order valence-corrected chi connectivity index (χ2v) is 14.5. The van der Waals surface area contributed by atoms with Crippen molar-refractivity contribution in [3.63, 3.8) is 0 Å². The Labute approximate surface area is 214 Å². The van der Waals surface area contributed by atoms with Gasteiger partial charge in [-0.3, -0.25) is 19.7 Å². The molecule has 0 unspecified atom stereocenters. The highest BCUT2D eigenvalue weighted by Crippen LogP contribution is 2.59. The molecule has 0 bridgehead atoms. The maximum atomic E-state index is 15.8. The van der Waals surface area contributed by atoms with Gasteiger partial charge in [0.15, 0.2) is 5.60 Å². The Morgan fingerprint density at radius 1 is 1.30 bits per heavy atom.